The Morgan fingerprint density at radius 1 is 1.27 bits per heavy atom. The van der Waals surface area contributed by atoms with Crippen molar-refractivity contribution in [3.8, 4) is 17.5 Å². The zero-order valence-electron chi connectivity index (χ0n) is 17.1. The van der Waals surface area contributed by atoms with E-state index >= 15 is 0 Å². The number of carbonyl (C=O) groups is 1. The molecule has 3 aromatic rings. The molecule has 1 atom stereocenters. The van der Waals surface area contributed by atoms with Gasteiger partial charge < -0.3 is 15.8 Å². The summed E-state index contributed by atoms with van der Waals surface area (Å²) >= 11 is 0. The van der Waals surface area contributed by atoms with Crippen LogP contribution in [0.2, 0.25) is 0 Å². The smallest absolute Gasteiger partial charge is 0.260 e. The van der Waals surface area contributed by atoms with Gasteiger partial charge in [-0.05, 0) is 56.5 Å². The molecule has 3 rings (SSSR count). The van der Waals surface area contributed by atoms with Crippen LogP contribution in [0.4, 0.5) is 5.82 Å². The number of nitrogen functional groups attached to an aromatic ring is 1. The van der Waals surface area contributed by atoms with Gasteiger partial charge in [-0.15, -0.1) is 0 Å². The van der Waals surface area contributed by atoms with Gasteiger partial charge in [0.15, 0.2) is 6.10 Å². The molecule has 0 aliphatic rings. The highest BCUT2D eigenvalue weighted by Gasteiger charge is 2.17. The number of nitrogens with one attached hydrogen (secondary N) is 1. The topological polar surface area (TPSA) is 106 Å². The summed E-state index contributed by atoms with van der Waals surface area (Å²) < 4.78 is 7.26. The lowest BCUT2D eigenvalue weighted by molar-refractivity contribution is -0.127. The number of ether oxygens (including phenoxy) is 1. The zero-order valence-corrected chi connectivity index (χ0v) is 17.1. The van der Waals surface area contributed by atoms with Gasteiger partial charge in [0.25, 0.3) is 5.91 Å². The molecule has 3 N–H and O–H groups in total. The Labute approximate surface area is 176 Å². The minimum absolute atomic E-state index is 0.189. The molecule has 0 saturated carbocycles. The number of amides is 1. The van der Waals surface area contributed by atoms with Crippen molar-refractivity contribution in [3.63, 3.8) is 0 Å². The Bertz CT molecular complexity index is 1050. The third kappa shape index (κ3) is 4.97. The van der Waals surface area contributed by atoms with Crippen LogP contribution in [0.15, 0.2) is 54.6 Å². The summed E-state index contributed by atoms with van der Waals surface area (Å²) in [5.41, 5.74) is 8.98. The van der Waals surface area contributed by atoms with Crippen LogP contribution in [0.3, 0.4) is 0 Å². The molecule has 1 heterocycles. The van der Waals surface area contributed by atoms with Gasteiger partial charge in [-0.25, -0.2) is 4.68 Å². The molecule has 154 valence electrons. The normalized spacial score (nSPS) is 11.5. The van der Waals surface area contributed by atoms with Crippen molar-refractivity contribution < 1.29 is 9.53 Å². The van der Waals surface area contributed by atoms with Gasteiger partial charge >= 0.3 is 0 Å². The first-order chi connectivity index (χ1) is 14.5. The number of rotatable bonds is 8. The molecule has 0 unspecified atom stereocenters. The standard InChI is InChI=1S/C23H25N5O2/c1-16-8-6-11-19(14-16)30-17(2)23(29)26-13-7-12-21-20(15-24)22(25)28(27-21)18-9-4-3-5-10-18/h3-6,8-11,14,17H,7,12-13,25H2,1-2H3,(H,26,29)/t17-/m0/s1. The maximum absolute atomic E-state index is 12.3. The number of benzene rings is 2. The number of para-hydroxylation sites is 1. The number of aromatic nitrogens is 2. The third-order valence-electron chi connectivity index (χ3n) is 4.67. The number of nitrogens with zero attached hydrogens (tertiary/aromatic N) is 3. The number of nitriles is 1. The number of hydrogen-bond donors (Lipinski definition) is 2. The van der Waals surface area contributed by atoms with Crippen LogP contribution in [0.5, 0.6) is 5.75 Å². The fourth-order valence-corrected chi connectivity index (χ4v) is 3.10. The van der Waals surface area contributed by atoms with E-state index in [-0.39, 0.29) is 5.91 Å². The third-order valence-corrected chi connectivity index (χ3v) is 4.67. The molecule has 1 amide bonds. The minimum atomic E-state index is -0.602. The Balaban J connectivity index is 1.54. The molecule has 7 nitrogen and oxygen atoms in total. The molecule has 0 saturated heterocycles. The summed E-state index contributed by atoms with van der Waals surface area (Å²) in [5, 5.41) is 16.8. The van der Waals surface area contributed by atoms with Gasteiger partial charge in [0.05, 0.1) is 11.4 Å². The summed E-state index contributed by atoms with van der Waals surface area (Å²) in [7, 11) is 0. The Morgan fingerprint density at radius 3 is 2.73 bits per heavy atom. The van der Waals surface area contributed by atoms with Crippen LogP contribution in [-0.4, -0.2) is 28.3 Å². The summed E-state index contributed by atoms with van der Waals surface area (Å²) in [5.74, 6) is 0.799. The maximum atomic E-state index is 12.3. The van der Waals surface area contributed by atoms with Crippen LogP contribution < -0.4 is 15.8 Å². The molecule has 1 aromatic heterocycles. The molecule has 30 heavy (non-hydrogen) atoms. The van der Waals surface area contributed by atoms with Crippen LogP contribution in [0.25, 0.3) is 5.69 Å². The first kappa shape index (κ1) is 20.9. The van der Waals surface area contributed by atoms with E-state index in [2.05, 4.69) is 16.5 Å². The molecule has 0 spiro atoms. The summed E-state index contributed by atoms with van der Waals surface area (Å²) in [6, 6.07) is 19.2. The summed E-state index contributed by atoms with van der Waals surface area (Å²) in [4.78, 5) is 12.3. The summed E-state index contributed by atoms with van der Waals surface area (Å²) in [6.07, 6.45) is 0.554. The lowest BCUT2D eigenvalue weighted by atomic mass is 10.1. The van der Waals surface area contributed by atoms with E-state index in [1.165, 1.54) is 0 Å². The second kappa shape index (κ2) is 9.61. The molecule has 0 aliphatic carbocycles. The highest BCUT2D eigenvalue weighted by molar-refractivity contribution is 5.80. The molecule has 2 aromatic carbocycles. The first-order valence-electron chi connectivity index (χ1n) is 9.83. The molecule has 0 bridgehead atoms. The van der Waals surface area contributed by atoms with Crippen molar-refractivity contribution in [2.24, 2.45) is 0 Å². The van der Waals surface area contributed by atoms with Gasteiger partial charge in [-0.2, -0.15) is 10.4 Å². The number of aryl methyl sites for hydroxylation is 2. The molecular formula is C23H25N5O2. The number of nitrogens with two attached hydrogens (primary N) is 1. The van der Waals surface area contributed by atoms with Crippen molar-refractivity contribution in [2.75, 3.05) is 12.3 Å². The van der Waals surface area contributed by atoms with Gasteiger partial charge in [-0.1, -0.05) is 30.3 Å². The second-order valence-electron chi connectivity index (χ2n) is 7.04. The molecule has 0 radical (unpaired) electrons. The predicted molar refractivity (Wildman–Crippen MR) is 115 cm³/mol. The highest BCUT2D eigenvalue weighted by Crippen LogP contribution is 2.21. The van der Waals surface area contributed by atoms with Crippen LogP contribution >= 0.6 is 0 Å². The number of carbonyl (C=O) groups excluding carboxylic acids is 1. The molecule has 0 aliphatic heterocycles. The van der Waals surface area contributed by atoms with E-state index in [0.717, 1.165) is 11.3 Å². The fourth-order valence-electron chi connectivity index (χ4n) is 3.10. The average molecular weight is 403 g/mol. The van der Waals surface area contributed by atoms with Gasteiger partial charge in [-0.3, -0.25) is 4.79 Å². The highest BCUT2D eigenvalue weighted by atomic mass is 16.5. The fraction of sp³-hybridized carbons (Fsp3) is 0.261. The van der Waals surface area contributed by atoms with Crippen LogP contribution in [-0.2, 0) is 11.2 Å². The monoisotopic (exact) mass is 403 g/mol. The van der Waals surface area contributed by atoms with E-state index in [0.29, 0.717) is 42.2 Å². The van der Waals surface area contributed by atoms with Crippen molar-refractivity contribution in [2.45, 2.75) is 32.8 Å². The Morgan fingerprint density at radius 2 is 2.03 bits per heavy atom. The quantitative estimate of drug-likeness (QED) is 0.562. The molecular weight excluding hydrogens is 378 g/mol. The van der Waals surface area contributed by atoms with Gasteiger partial charge in [0.1, 0.15) is 23.2 Å². The lowest BCUT2D eigenvalue weighted by Gasteiger charge is -2.15. The predicted octanol–water partition coefficient (Wildman–Crippen LogP) is 3.15. The summed E-state index contributed by atoms with van der Waals surface area (Å²) in [6.45, 7) is 4.13. The minimum Gasteiger partial charge on any atom is -0.481 e. The maximum Gasteiger partial charge on any atom is 0.260 e. The largest absolute Gasteiger partial charge is 0.481 e. The van der Waals surface area contributed by atoms with Crippen molar-refractivity contribution in [3.05, 3.63) is 71.4 Å². The van der Waals surface area contributed by atoms with Crippen LogP contribution in [0.1, 0.15) is 30.2 Å². The van der Waals surface area contributed by atoms with Crippen molar-refractivity contribution >= 4 is 11.7 Å². The SMILES string of the molecule is Cc1cccc(O[C@@H](C)C(=O)NCCCc2nn(-c3ccccc3)c(N)c2C#N)c1. The Hall–Kier alpha value is -3.79. The van der Waals surface area contributed by atoms with E-state index in [1.54, 1.807) is 11.6 Å². The first-order valence-corrected chi connectivity index (χ1v) is 9.83. The Kier molecular flexibility index (Phi) is 6.71. The lowest BCUT2D eigenvalue weighted by Crippen LogP contribution is -2.37. The number of anilines is 1. The zero-order chi connectivity index (χ0) is 21.5. The van der Waals surface area contributed by atoms with Crippen molar-refractivity contribution in [1.29, 1.82) is 5.26 Å². The van der Waals surface area contributed by atoms with E-state index < -0.39 is 6.10 Å². The number of hydrogen-bond acceptors (Lipinski definition) is 5. The van der Waals surface area contributed by atoms with E-state index in [4.69, 9.17) is 10.5 Å². The van der Waals surface area contributed by atoms with E-state index in [1.807, 2.05) is 61.5 Å². The molecule has 7 heteroatoms. The second-order valence-corrected chi connectivity index (χ2v) is 7.04. The van der Waals surface area contributed by atoms with Gasteiger partial charge in [0, 0.05) is 6.54 Å². The van der Waals surface area contributed by atoms with Gasteiger partial charge in [0.2, 0.25) is 0 Å². The van der Waals surface area contributed by atoms with Crippen molar-refractivity contribution in [1.82, 2.24) is 15.1 Å². The average Bonchev–Trinajstić information content (AvgIpc) is 3.06. The van der Waals surface area contributed by atoms with Crippen LogP contribution in [0, 0.1) is 18.3 Å². The van der Waals surface area contributed by atoms with E-state index in [9.17, 15) is 10.1 Å². The molecule has 0 fully saturated rings.